The molecule has 0 amide bonds. The van der Waals surface area contributed by atoms with E-state index in [0.29, 0.717) is 23.8 Å². The molecular weight excluding hydrogens is 265 g/mol. The van der Waals surface area contributed by atoms with Gasteiger partial charge in [0, 0.05) is 24.8 Å². The third-order valence-electron chi connectivity index (χ3n) is 2.70. The van der Waals surface area contributed by atoms with Gasteiger partial charge in [-0.05, 0) is 19.1 Å². The van der Waals surface area contributed by atoms with Crippen LogP contribution in [0, 0.1) is 5.82 Å². The molecule has 0 aliphatic rings. The Kier molecular flexibility index (Phi) is 4.70. The molecule has 5 nitrogen and oxygen atoms in total. The second-order valence-corrected chi connectivity index (χ2v) is 4.37. The van der Waals surface area contributed by atoms with Gasteiger partial charge in [-0.3, -0.25) is 0 Å². The van der Waals surface area contributed by atoms with E-state index >= 15 is 0 Å². The van der Waals surface area contributed by atoms with Crippen LogP contribution in [-0.2, 0) is 18.0 Å². The van der Waals surface area contributed by atoms with Crippen molar-refractivity contribution in [3.8, 4) is 5.75 Å². The van der Waals surface area contributed by atoms with Gasteiger partial charge in [0.25, 0.3) is 0 Å². The van der Waals surface area contributed by atoms with Crippen LogP contribution >= 0.6 is 0 Å². The van der Waals surface area contributed by atoms with Crippen molar-refractivity contribution in [3.05, 3.63) is 47.1 Å². The normalized spacial score (nSPS) is 12.4. The maximum atomic E-state index is 13.6. The van der Waals surface area contributed by atoms with Crippen molar-refractivity contribution in [2.24, 2.45) is 0 Å². The average Bonchev–Trinajstić information content (AvgIpc) is 2.84. The van der Waals surface area contributed by atoms with Gasteiger partial charge in [0.05, 0.1) is 6.10 Å². The minimum Gasteiger partial charge on any atom is -0.487 e. The molecule has 0 spiro atoms. The van der Waals surface area contributed by atoms with Crippen molar-refractivity contribution in [2.45, 2.75) is 26.2 Å². The molecule has 6 heteroatoms. The van der Waals surface area contributed by atoms with E-state index in [1.54, 1.807) is 19.2 Å². The van der Waals surface area contributed by atoms with E-state index in [1.807, 2.05) is 0 Å². The predicted molar refractivity (Wildman–Crippen MR) is 68.6 cm³/mol. The van der Waals surface area contributed by atoms with E-state index in [0.717, 1.165) is 0 Å². The average molecular weight is 281 g/mol. The summed E-state index contributed by atoms with van der Waals surface area (Å²) in [6.45, 7) is 2.01. The number of aromatic nitrogens is 1. The first kappa shape index (κ1) is 14.5. The number of rotatable bonds is 6. The van der Waals surface area contributed by atoms with Crippen LogP contribution in [0.25, 0.3) is 0 Å². The molecule has 0 unspecified atom stereocenters. The van der Waals surface area contributed by atoms with Gasteiger partial charge < -0.3 is 19.1 Å². The highest BCUT2D eigenvalue weighted by atomic mass is 19.1. The van der Waals surface area contributed by atoms with Crippen molar-refractivity contribution in [1.29, 1.82) is 0 Å². The second kappa shape index (κ2) is 6.49. The van der Waals surface area contributed by atoms with Gasteiger partial charge in [-0.15, -0.1) is 0 Å². The van der Waals surface area contributed by atoms with Crippen molar-refractivity contribution in [3.63, 3.8) is 0 Å². The third kappa shape index (κ3) is 3.55. The zero-order chi connectivity index (χ0) is 14.5. The molecule has 0 saturated carbocycles. The molecule has 20 heavy (non-hydrogen) atoms. The van der Waals surface area contributed by atoms with Gasteiger partial charge in [-0.1, -0.05) is 5.16 Å². The highest BCUT2D eigenvalue weighted by Crippen LogP contribution is 2.22. The summed E-state index contributed by atoms with van der Waals surface area (Å²) in [6.07, 6.45) is -0.851. The zero-order valence-corrected chi connectivity index (χ0v) is 11.3. The molecule has 1 atom stereocenters. The number of hydrogen-bond acceptors (Lipinski definition) is 5. The monoisotopic (exact) mass is 281 g/mol. The molecule has 1 heterocycles. The van der Waals surface area contributed by atoms with Crippen LogP contribution in [0.5, 0.6) is 5.75 Å². The fraction of sp³-hybridized carbons (Fsp3) is 0.357. The van der Waals surface area contributed by atoms with Crippen LogP contribution in [0.2, 0.25) is 0 Å². The number of methoxy groups -OCH3 is 1. The van der Waals surface area contributed by atoms with Crippen molar-refractivity contribution in [1.82, 2.24) is 5.16 Å². The smallest absolute Gasteiger partial charge is 0.162 e. The molecule has 108 valence electrons. The molecule has 0 saturated heterocycles. The van der Waals surface area contributed by atoms with Crippen LogP contribution in [0.15, 0.2) is 28.8 Å². The third-order valence-corrected chi connectivity index (χ3v) is 2.70. The lowest BCUT2D eigenvalue weighted by Gasteiger charge is -2.09. The molecule has 0 fully saturated rings. The summed E-state index contributed by atoms with van der Waals surface area (Å²) in [5, 5.41) is 13.1. The summed E-state index contributed by atoms with van der Waals surface area (Å²) in [4.78, 5) is 0. The Balaban J connectivity index is 1.98. The fourth-order valence-electron chi connectivity index (χ4n) is 1.73. The van der Waals surface area contributed by atoms with Gasteiger partial charge >= 0.3 is 0 Å². The molecule has 2 rings (SSSR count). The topological polar surface area (TPSA) is 64.7 Å². The summed E-state index contributed by atoms with van der Waals surface area (Å²) >= 11 is 0. The van der Waals surface area contributed by atoms with Crippen molar-refractivity contribution < 1.29 is 23.5 Å². The molecule has 1 N–H and O–H groups in total. The number of nitrogens with zero attached hydrogens (tertiary/aromatic N) is 1. The van der Waals surface area contributed by atoms with Crippen LogP contribution in [-0.4, -0.2) is 17.4 Å². The van der Waals surface area contributed by atoms with E-state index in [2.05, 4.69) is 5.16 Å². The predicted octanol–water partition coefficient (Wildman–Crippen LogP) is 2.59. The van der Waals surface area contributed by atoms with Crippen LogP contribution < -0.4 is 4.74 Å². The Morgan fingerprint density at radius 3 is 2.80 bits per heavy atom. The first-order chi connectivity index (χ1) is 9.60. The number of hydrogen-bond donors (Lipinski definition) is 1. The highest BCUT2D eigenvalue weighted by Gasteiger charge is 2.10. The molecule has 1 aromatic carbocycles. The maximum Gasteiger partial charge on any atom is 0.162 e. The van der Waals surface area contributed by atoms with E-state index in [9.17, 15) is 9.50 Å². The van der Waals surface area contributed by atoms with Gasteiger partial charge in [0.1, 0.15) is 30.5 Å². The summed E-state index contributed by atoms with van der Waals surface area (Å²) < 4.78 is 29.0. The Bertz CT molecular complexity index is 568. The molecule has 0 aliphatic carbocycles. The minimum atomic E-state index is -0.851. The standard InChI is InChI=1S/C14H16FNO4/c1-9(17)13-4-3-11(6-14(13)15)19-7-10-5-12(8-18-2)20-16-10/h3-6,9,17H,7-8H2,1-2H3/t9-/m1/s1. The second-order valence-electron chi connectivity index (χ2n) is 4.37. The molecule has 2 aromatic rings. The number of halogens is 1. The van der Waals surface area contributed by atoms with Crippen molar-refractivity contribution in [2.75, 3.05) is 7.11 Å². The number of aliphatic hydroxyl groups is 1. The van der Waals surface area contributed by atoms with Crippen LogP contribution in [0.3, 0.4) is 0 Å². The molecule has 0 radical (unpaired) electrons. The lowest BCUT2D eigenvalue weighted by molar-refractivity contribution is 0.155. The number of benzene rings is 1. The van der Waals surface area contributed by atoms with E-state index < -0.39 is 11.9 Å². The Morgan fingerprint density at radius 2 is 2.15 bits per heavy atom. The van der Waals surface area contributed by atoms with Crippen molar-refractivity contribution >= 4 is 0 Å². The molecule has 0 bridgehead atoms. The summed E-state index contributed by atoms with van der Waals surface area (Å²) in [6, 6.07) is 6.04. The van der Waals surface area contributed by atoms with Gasteiger partial charge in [-0.2, -0.15) is 0 Å². The molecule has 1 aromatic heterocycles. The lowest BCUT2D eigenvalue weighted by atomic mass is 10.1. The minimum absolute atomic E-state index is 0.167. The number of aliphatic hydroxyl groups excluding tert-OH is 1. The van der Waals surface area contributed by atoms with E-state index in [4.69, 9.17) is 14.0 Å². The lowest BCUT2D eigenvalue weighted by Crippen LogP contribution is -1.99. The molecule has 0 aliphatic heterocycles. The van der Waals surface area contributed by atoms with Gasteiger partial charge in [-0.25, -0.2) is 4.39 Å². The molecular formula is C14H16FNO4. The summed E-state index contributed by atoms with van der Waals surface area (Å²) in [5.74, 6) is 0.461. The SMILES string of the molecule is COCc1cc(COc2ccc([C@@H](C)O)c(F)c2)no1. The van der Waals surface area contributed by atoms with Gasteiger partial charge in [0.15, 0.2) is 5.76 Å². The first-order valence-corrected chi connectivity index (χ1v) is 6.14. The maximum absolute atomic E-state index is 13.6. The number of ether oxygens (including phenoxy) is 2. The van der Waals surface area contributed by atoms with E-state index in [1.165, 1.54) is 19.1 Å². The zero-order valence-electron chi connectivity index (χ0n) is 11.3. The Labute approximate surface area is 115 Å². The Morgan fingerprint density at radius 1 is 1.35 bits per heavy atom. The van der Waals surface area contributed by atoms with Crippen LogP contribution in [0.4, 0.5) is 4.39 Å². The largest absolute Gasteiger partial charge is 0.487 e. The quantitative estimate of drug-likeness (QED) is 0.881. The summed E-state index contributed by atoms with van der Waals surface area (Å²) in [7, 11) is 1.56. The van der Waals surface area contributed by atoms with Crippen LogP contribution in [0.1, 0.15) is 30.0 Å². The summed E-state index contributed by atoms with van der Waals surface area (Å²) in [5.41, 5.74) is 0.832. The Hall–Kier alpha value is -1.92. The highest BCUT2D eigenvalue weighted by molar-refractivity contribution is 5.30. The van der Waals surface area contributed by atoms with Gasteiger partial charge in [0.2, 0.25) is 0 Å². The van der Waals surface area contributed by atoms with E-state index in [-0.39, 0.29) is 12.2 Å². The fourth-order valence-corrected chi connectivity index (χ4v) is 1.73. The first-order valence-electron chi connectivity index (χ1n) is 6.14.